The summed E-state index contributed by atoms with van der Waals surface area (Å²) in [6.45, 7) is 4.45. The number of ether oxygens (including phenoxy) is 1. The molecule has 0 fully saturated rings. The molecule has 2 aromatic rings. The highest BCUT2D eigenvalue weighted by Gasteiger charge is 2.12. The standard InChI is InChI=1S/C14H16N4O2/c1-3-20-13(19)12-9-17-14(18-10(12)2)16-8-11-4-6-15-7-5-11/h4-7,9H,3,8H2,1-2H3,(H,16,17,18). The van der Waals surface area contributed by atoms with Crippen molar-refractivity contribution in [3.8, 4) is 0 Å². The van der Waals surface area contributed by atoms with E-state index >= 15 is 0 Å². The Hall–Kier alpha value is -2.50. The number of aryl methyl sites for hydroxylation is 1. The molecule has 104 valence electrons. The summed E-state index contributed by atoms with van der Waals surface area (Å²) in [7, 11) is 0. The van der Waals surface area contributed by atoms with Crippen molar-refractivity contribution < 1.29 is 9.53 Å². The van der Waals surface area contributed by atoms with E-state index in [1.165, 1.54) is 6.20 Å². The van der Waals surface area contributed by atoms with Crippen molar-refractivity contribution in [3.05, 3.63) is 47.5 Å². The number of esters is 1. The Morgan fingerprint density at radius 3 is 2.75 bits per heavy atom. The predicted molar refractivity (Wildman–Crippen MR) is 74.3 cm³/mol. The van der Waals surface area contributed by atoms with Gasteiger partial charge in [0.25, 0.3) is 0 Å². The van der Waals surface area contributed by atoms with Crippen molar-refractivity contribution >= 4 is 11.9 Å². The van der Waals surface area contributed by atoms with E-state index in [9.17, 15) is 4.79 Å². The van der Waals surface area contributed by atoms with Crippen LogP contribution in [0, 0.1) is 6.92 Å². The zero-order chi connectivity index (χ0) is 14.4. The molecule has 2 rings (SSSR count). The number of carbonyl (C=O) groups is 1. The fourth-order valence-corrected chi connectivity index (χ4v) is 1.64. The maximum absolute atomic E-state index is 11.6. The number of anilines is 1. The largest absolute Gasteiger partial charge is 0.462 e. The van der Waals surface area contributed by atoms with E-state index in [2.05, 4.69) is 20.3 Å². The summed E-state index contributed by atoms with van der Waals surface area (Å²) in [6.07, 6.45) is 4.94. The van der Waals surface area contributed by atoms with Gasteiger partial charge in [-0.05, 0) is 31.5 Å². The second kappa shape index (κ2) is 6.60. The third-order valence-corrected chi connectivity index (χ3v) is 2.67. The average Bonchev–Trinajstić information content (AvgIpc) is 2.46. The molecule has 0 aliphatic rings. The van der Waals surface area contributed by atoms with Crippen molar-refractivity contribution in [2.75, 3.05) is 11.9 Å². The molecule has 0 spiro atoms. The third-order valence-electron chi connectivity index (χ3n) is 2.67. The summed E-state index contributed by atoms with van der Waals surface area (Å²) in [5.41, 5.74) is 2.06. The molecule has 6 nitrogen and oxygen atoms in total. The molecule has 2 heterocycles. The number of aromatic nitrogens is 3. The SMILES string of the molecule is CCOC(=O)c1cnc(NCc2ccncc2)nc1C. The van der Waals surface area contributed by atoms with Crippen molar-refractivity contribution in [1.29, 1.82) is 0 Å². The molecule has 2 aromatic heterocycles. The van der Waals surface area contributed by atoms with Gasteiger partial charge in [-0.25, -0.2) is 14.8 Å². The maximum atomic E-state index is 11.6. The van der Waals surface area contributed by atoms with Crippen LogP contribution in [-0.4, -0.2) is 27.5 Å². The number of hydrogen-bond donors (Lipinski definition) is 1. The first-order valence-corrected chi connectivity index (χ1v) is 6.34. The van der Waals surface area contributed by atoms with Crippen LogP contribution in [0.1, 0.15) is 28.5 Å². The molecule has 0 atom stereocenters. The molecular weight excluding hydrogens is 256 g/mol. The van der Waals surface area contributed by atoms with E-state index in [0.717, 1.165) is 5.56 Å². The third kappa shape index (κ3) is 3.50. The summed E-state index contributed by atoms with van der Waals surface area (Å²) in [6, 6.07) is 3.82. The zero-order valence-corrected chi connectivity index (χ0v) is 11.5. The maximum Gasteiger partial charge on any atom is 0.341 e. The van der Waals surface area contributed by atoms with Gasteiger partial charge in [-0.1, -0.05) is 0 Å². The Bertz CT molecular complexity index is 587. The Balaban J connectivity index is 2.04. The van der Waals surface area contributed by atoms with E-state index < -0.39 is 5.97 Å². The predicted octanol–water partition coefficient (Wildman–Crippen LogP) is 1.97. The zero-order valence-electron chi connectivity index (χ0n) is 11.5. The first-order chi connectivity index (χ1) is 9.70. The van der Waals surface area contributed by atoms with Crippen LogP contribution < -0.4 is 5.32 Å². The number of rotatable bonds is 5. The second-order valence-electron chi connectivity index (χ2n) is 4.12. The van der Waals surface area contributed by atoms with Crippen LogP contribution in [0.5, 0.6) is 0 Å². The van der Waals surface area contributed by atoms with E-state index in [1.807, 2.05) is 12.1 Å². The Kier molecular flexibility index (Phi) is 4.60. The second-order valence-corrected chi connectivity index (χ2v) is 4.12. The lowest BCUT2D eigenvalue weighted by Crippen LogP contribution is -2.11. The Morgan fingerprint density at radius 2 is 2.10 bits per heavy atom. The molecule has 0 aliphatic heterocycles. The van der Waals surface area contributed by atoms with Crippen LogP contribution in [0.2, 0.25) is 0 Å². The molecule has 0 unspecified atom stereocenters. The fourth-order valence-electron chi connectivity index (χ4n) is 1.64. The van der Waals surface area contributed by atoms with Crippen molar-refractivity contribution in [2.45, 2.75) is 20.4 Å². The van der Waals surface area contributed by atoms with Gasteiger partial charge in [0.05, 0.1) is 17.9 Å². The quantitative estimate of drug-likeness (QED) is 0.838. The molecule has 0 bridgehead atoms. The topological polar surface area (TPSA) is 77.0 Å². The van der Waals surface area contributed by atoms with Crippen LogP contribution in [0.15, 0.2) is 30.7 Å². The van der Waals surface area contributed by atoms with Gasteiger partial charge in [0.2, 0.25) is 5.95 Å². The summed E-state index contributed by atoms with van der Waals surface area (Å²) < 4.78 is 4.93. The fraction of sp³-hybridized carbons (Fsp3) is 0.286. The van der Waals surface area contributed by atoms with Gasteiger partial charge in [-0.3, -0.25) is 4.98 Å². The highest BCUT2D eigenvalue weighted by atomic mass is 16.5. The van der Waals surface area contributed by atoms with Gasteiger partial charge in [-0.15, -0.1) is 0 Å². The summed E-state index contributed by atoms with van der Waals surface area (Å²) in [5.74, 6) is 0.0815. The summed E-state index contributed by atoms with van der Waals surface area (Å²) >= 11 is 0. The van der Waals surface area contributed by atoms with E-state index in [-0.39, 0.29) is 0 Å². The number of pyridine rings is 1. The minimum atomic E-state index is -0.398. The highest BCUT2D eigenvalue weighted by Crippen LogP contribution is 2.09. The number of nitrogens with one attached hydrogen (secondary N) is 1. The van der Waals surface area contributed by atoms with Gasteiger partial charge in [0, 0.05) is 25.1 Å². The molecular formula is C14H16N4O2. The van der Waals surface area contributed by atoms with Gasteiger partial charge >= 0.3 is 5.97 Å². The average molecular weight is 272 g/mol. The lowest BCUT2D eigenvalue weighted by Gasteiger charge is -2.08. The number of carbonyl (C=O) groups excluding carboxylic acids is 1. The molecule has 0 saturated carbocycles. The molecule has 0 saturated heterocycles. The van der Waals surface area contributed by atoms with Crippen molar-refractivity contribution in [2.24, 2.45) is 0 Å². The minimum absolute atomic E-state index is 0.334. The van der Waals surface area contributed by atoms with Crippen LogP contribution in [0.3, 0.4) is 0 Å². The minimum Gasteiger partial charge on any atom is -0.462 e. The molecule has 0 amide bonds. The normalized spacial score (nSPS) is 10.1. The van der Waals surface area contributed by atoms with Crippen LogP contribution in [0.25, 0.3) is 0 Å². The lowest BCUT2D eigenvalue weighted by atomic mass is 10.2. The molecule has 6 heteroatoms. The highest BCUT2D eigenvalue weighted by molar-refractivity contribution is 5.90. The van der Waals surface area contributed by atoms with Crippen LogP contribution in [0.4, 0.5) is 5.95 Å². The van der Waals surface area contributed by atoms with E-state index in [1.54, 1.807) is 26.2 Å². The first-order valence-electron chi connectivity index (χ1n) is 6.34. The number of hydrogen-bond acceptors (Lipinski definition) is 6. The van der Waals surface area contributed by atoms with Gasteiger partial charge in [0.15, 0.2) is 0 Å². The van der Waals surface area contributed by atoms with Gasteiger partial charge in [-0.2, -0.15) is 0 Å². The van der Waals surface area contributed by atoms with Gasteiger partial charge < -0.3 is 10.1 Å². The Labute approximate surface area is 117 Å². The first kappa shape index (κ1) is 13.9. The van der Waals surface area contributed by atoms with Crippen LogP contribution >= 0.6 is 0 Å². The summed E-state index contributed by atoms with van der Waals surface area (Å²) in [4.78, 5) is 24.0. The van der Waals surface area contributed by atoms with Crippen LogP contribution in [-0.2, 0) is 11.3 Å². The number of nitrogens with zero attached hydrogens (tertiary/aromatic N) is 3. The summed E-state index contributed by atoms with van der Waals surface area (Å²) in [5, 5.41) is 3.10. The smallest absolute Gasteiger partial charge is 0.341 e. The molecule has 0 aliphatic carbocycles. The van der Waals surface area contributed by atoms with Crippen molar-refractivity contribution in [3.63, 3.8) is 0 Å². The molecule has 1 N–H and O–H groups in total. The lowest BCUT2D eigenvalue weighted by molar-refractivity contribution is 0.0524. The van der Waals surface area contributed by atoms with Crippen molar-refractivity contribution in [1.82, 2.24) is 15.0 Å². The van der Waals surface area contributed by atoms with E-state index in [4.69, 9.17) is 4.74 Å². The molecule has 0 radical (unpaired) electrons. The Morgan fingerprint density at radius 1 is 1.35 bits per heavy atom. The molecule has 0 aromatic carbocycles. The van der Waals surface area contributed by atoms with E-state index in [0.29, 0.717) is 30.4 Å². The van der Waals surface area contributed by atoms with Gasteiger partial charge in [0.1, 0.15) is 0 Å². The monoisotopic (exact) mass is 272 g/mol. The molecule has 20 heavy (non-hydrogen) atoms.